The number of piperazine rings is 1. The Hall–Kier alpha value is -3.72. The van der Waals surface area contributed by atoms with Gasteiger partial charge in [0.15, 0.2) is 0 Å². The van der Waals surface area contributed by atoms with Gasteiger partial charge >= 0.3 is 0 Å². The van der Waals surface area contributed by atoms with E-state index < -0.39 is 11.7 Å². The van der Waals surface area contributed by atoms with E-state index in [2.05, 4.69) is 32.6 Å². The summed E-state index contributed by atoms with van der Waals surface area (Å²) in [5, 5.41) is 9.76. The Kier molecular flexibility index (Phi) is 7.63. The van der Waals surface area contributed by atoms with E-state index in [1.807, 2.05) is 33.8 Å². The lowest BCUT2D eigenvalue weighted by Crippen LogP contribution is -2.44. The number of aromatic nitrogens is 1. The largest absolute Gasteiger partial charge is 0.369 e. The molecule has 4 rings (SSSR count). The Morgan fingerprint density at radius 3 is 2.46 bits per heavy atom. The van der Waals surface area contributed by atoms with Gasteiger partial charge < -0.3 is 25.0 Å². The molecule has 1 aliphatic heterocycles. The molecule has 1 fully saturated rings. The quantitative estimate of drug-likeness (QED) is 0.508. The molecular weight excluding hydrogens is 473 g/mol. The van der Waals surface area contributed by atoms with Crippen molar-refractivity contribution in [3.05, 3.63) is 65.2 Å². The van der Waals surface area contributed by atoms with Crippen molar-refractivity contribution in [2.75, 3.05) is 50.0 Å². The predicted molar refractivity (Wildman–Crippen MR) is 143 cm³/mol. The smallest absolute Gasteiger partial charge is 0.289 e. The van der Waals surface area contributed by atoms with Crippen molar-refractivity contribution >= 4 is 23.2 Å². The molecule has 0 atom stereocenters. The molecule has 0 bridgehead atoms. The van der Waals surface area contributed by atoms with Gasteiger partial charge in [-0.1, -0.05) is 32.0 Å². The molecule has 3 aromatic rings. The lowest BCUT2D eigenvalue weighted by molar-refractivity contribution is 0.0902. The summed E-state index contributed by atoms with van der Waals surface area (Å²) < 4.78 is 19.7. The highest BCUT2D eigenvalue weighted by Gasteiger charge is 2.20. The molecular formula is C28H34FN5O3. The summed E-state index contributed by atoms with van der Waals surface area (Å²) in [5.41, 5.74) is 3.51. The van der Waals surface area contributed by atoms with Gasteiger partial charge in [-0.3, -0.25) is 9.59 Å². The number of halogens is 1. The van der Waals surface area contributed by atoms with Crippen molar-refractivity contribution in [1.29, 1.82) is 0 Å². The Bertz CT molecular complexity index is 1290. The lowest BCUT2D eigenvalue weighted by atomic mass is 9.97. The Morgan fingerprint density at radius 1 is 1.03 bits per heavy atom. The topological polar surface area (TPSA) is 90.7 Å². The van der Waals surface area contributed by atoms with E-state index in [1.165, 1.54) is 12.1 Å². The van der Waals surface area contributed by atoms with Gasteiger partial charge in [-0.2, -0.15) is 0 Å². The predicted octanol–water partition coefficient (Wildman–Crippen LogP) is 4.57. The number of nitrogens with zero attached hydrogens (tertiary/aromatic N) is 3. The summed E-state index contributed by atoms with van der Waals surface area (Å²) in [6.07, 6.45) is 0. The van der Waals surface area contributed by atoms with E-state index in [1.54, 1.807) is 24.3 Å². The van der Waals surface area contributed by atoms with Crippen LogP contribution in [0.4, 0.5) is 15.8 Å². The third-order valence-electron chi connectivity index (χ3n) is 6.30. The second-order valence-corrected chi connectivity index (χ2v) is 10.8. The molecule has 2 N–H and O–H groups in total. The molecule has 0 saturated carbocycles. The van der Waals surface area contributed by atoms with Crippen LogP contribution >= 0.6 is 0 Å². The van der Waals surface area contributed by atoms with Crippen LogP contribution in [-0.4, -0.2) is 61.6 Å². The third kappa shape index (κ3) is 6.74. The van der Waals surface area contributed by atoms with Crippen LogP contribution in [0.15, 0.2) is 47.0 Å². The first kappa shape index (κ1) is 26.3. The molecule has 8 nitrogen and oxygen atoms in total. The summed E-state index contributed by atoms with van der Waals surface area (Å²) in [6, 6.07) is 11.4. The van der Waals surface area contributed by atoms with Crippen LogP contribution in [0.25, 0.3) is 11.3 Å². The first-order valence-corrected chi connectivity index (χ1v) is 12.4. The molecule has 2 aromatic carbocycles. The van der Waals surface area contributed by atoms with Gasteiger partial charge in [0.1, 0.15) is 11.5 Å². The monoisotopic (exact) mass is 507 g/mol. The van der Waals surface area contributed by atoms with E-state index in [9.17, 15) is 14.0 Å². The van der Waals surface area contributed by atoms with Gasteiger partial charge in [0.2, 0.25) is 5.76 Å². The molecule has 1 aromatic heterocycles. The van der Waals surface area contributed by atoms with E-state index >= 15 is 0 Å². The SMILES string of the molecule is Cc1ccc(NC(=O)c2cc(F)cc(N3CCN(C)CC3)c2)cc1-c1cc(C(=O)NCC(C)(C)C)on1. The minimum Gasteiger partial charge on any atom is -0.369 e. The number of aryl methyl sites for hydroxylation is 1. The molecule has 0 spiro atoms. The first-order chi connectivity index (χ1) is 17.5. The summed E-state index contributed by atoms with van der Waals surface area (Å²) in [6.45, 7) is 11.8. The second-order valence-electron chi connectivity index (χ2n) is 10.8. The number of nitrogens with one attached hydrogen (secondary N) is 2. The van der Waals surface area contributed by atoms with E-state index in [-0.39, 0.29) is 22.6 Å². The molecule has 0 aliphatic carbocycles. The van der Waals surface area contributed by atoms with E-state index in [0.29, 0.717) is 29.2 Å². The van der Waals surface area contributed by atoms with Crippen LogP contribution in [0.2, 0.25) is 0 Å². The number of benzene rings is 2. The van der Waals surface area contributed by atoms with Crippen LogP contribution in [0.3, 0.4) is 0 Å². The average Bonchev–Trinajstić information content (AvgIpc) is 3.33. The van der Waals surface area contributed by atoms with Crippen LogP contribution in [0, 0.1) is 18.2 Å². The van der Waals surface area contributed by atoms with Gasteiger partial charge in [0.05, 0.1) is 0 Å². The fraction of sp³-hybridized carbons (Fsp3) is 0.393. The number of likely N-dealkylation sites (N-methyl/N-ethyl adjacent to an activating group) is 1. The van der Waals surface area contributed by atoms with Crippen LogP contribution < -0.4 is 15.5 Å². The standard InChI is InChI=1S/C28H34FN5O3/c1-18-6-7-21(15-23(18)24-16-25(37-32-24)27(36)30-17-28(2,3)4)31-26(35)19-12-20(29)14-22(13-19)34-10-8-33(5)9-11-34/h6-7,12-16H,8-11,17H2,1-5H3,(H,30,36)(H,31,35). The average molecular weight is 508 g/mol. The Balaban J connectivity index is 1.50. The highest BCUT2D eigenvalue weighted by atomic mass is 19.1. The highest BCUT2D eigenvalue weighted by molar-refractivity contribution is 6.05. The van der Waals surface area contributed by atoms with Gasteiger partial charge in [0.25, 0.3) is 11.8 Å². The normalized spacial score (nSPS) is 14.5. The molecule has 0 unspecified atom stereocenters. The zero-order chi connectivity index (χ0) is 26.7. The minimum absolute atomic E-state index is 0.0609. The van der Waals surface area contributed by atoms with Crippen molar-refractivity contribution in [3.8, 4) is 11.3 Å². The van der Waals surface area contributed by atoms with Crippen molar-refractivity contribution in [2.24, 2.45) is 5.41 Å². The molecule has 9 heteroatoms. The van der Waals surface area contributed by atoms with Crippen LogP contribution in [0.1, 0.15) is 47.2 Å². The van der Waals surface area contributed by atoms with Crippen molar-refractivity contribution in [2.45, 2.75) is 27.7 Å². The third-order valence-corrected chi connectivity index (χ3v) is 6.30. The van der Waals surface area contributed by atoms with Gasteiger partial charge in [-0.05, 0) is 55.3 Å². The maximum absolute atomic E-state index is 14.4. The number of amides is 2. The van der Waals surface area contributed by atoms with Gasteiger partial charge in [-0.15, -0.1) is 0 Å². The maximum atomic E-state index is 14.4. The number of carbonyl (C=O) groups is 2. The second kappa shape index (κ2) is 10.7. The van der Waals surface area contributed by atoms with Crippen molar-refractivity contribution < 1.29 is 18.5 Å². The Morgan fingerprint density at radius 2 is 1.76 bits per heavy atom. The van der Waals surface area contributed by atoms with E-state index in [0.717, 1.165) is 31.7 Å². The summed E-state index contributed by atoms with van der Waals surface area (Å²) >= 11 is 0. The maximum Gasteiger partial charge on any atom is 0.289 e. The molecule has 37 heavy (non-hydrogen) atoms. The highest BCUT2D eigenvalue weighted by Crippen LogP contribution is 2.27. The summed E-state index contributed by atoms with van der Waals surface area (Å²) in [4.78, 5) is 29.8. The zero-order valence-electron chi connectivity index (χ0n) is 22.0. The molecule has 1 saturated heterocycles. The summed E-state index contributed by atoms with van der Waals surface area (Å²) in [5.74, 6) is -1.08. The fourth-order valence-corrected chi connectivity index (χ4v) is 4.07. The number of anilines is 2. The van der Waals surface area contributed by atoms with Crippen molar-refractivity contribution in [1.82, 2.24) is 15.4 Å². The number of hydrogen-bond donors (Lipinski definition) is 2. The molecule has 196 valence electrons. The Labute approximate surface area is 216 Å². The first-order valence-electron chi connectivity index (χ1n) is 12.4. The minimum atomic E-state index is -0.453. The van der Waals surface area contributed by atoms with Crippen LogP contribution in [-0.2, 0) is 0 Å². The molecule has 0 radical (unpaired) electrons. The molecule has 2 amide bonds. The van der Waals surface area contributed by atoms with Crippen LogP contribution in [0.5, 0.6) is 0 Å². The molecule has 2 heterocycles. The summed E-state index contributed by atoms with van der Waals surface area (Å²) in [7, 11) is 2.05. The fourth-order valence-electron chi connectivity index (χ4n) is 4.07. The number of carbonyl (C=O) groups excluding carboxylic acids is 2. The molecule has 1 aliphatic rings. The lowest BCUT2D eigenvalue weighted by Gasteiger charge is -2.34. The van der Waals surface area contributed by atoms with E-state index in [4.69, 9.17) is 4.52 Å². The number of rotatable bonds is 6. The van der Waals surface area contributed by atoms with Gasteiger partial charge in [0, 0.05) is 61.3 Å². The van der Waals surface area contributed by atoms with Gasteiger partial charge in [-0.25, -0.2) is 4.39 Å². The van der Waals surface area contributed by atoms with Crippen molar-refractivity contribution in [3.63, 3.8) is 0 Å². The zero-order valence-corrected chi connectivity index (χ0v) is 22.0. The number of hydrogen-bond acceptors (Lipinski definition) is 6.